The molecule has 2 amide bonds. The van der Waals surface area contributed by atoms with Crippen molar-refractivity contribution < 1.29 is 18.0 Å². The van der Waals surface area contributed by atoms with Gasteiger partial charge in [0, 0.05) is 18.7 Å². The van der Waals surface area contributed by atoms with Gasteiger partial charge in [-0.3, -0.25) is 9.59 Å². The number of nitrogens with zero attached hydrogens (tertiary/aromatic N) is 2. The first-order valence-electron chi connectivity index (χ1n) is 8.83. The Kier molecular flexibility index (Phi) is 5.32. The summed E-state index contributed by atoms with van der Waals surface area (Å²) < 4.78 is 25.2. The fourth-order valence-electron chi connectivity index (χ4n) is 3.14. The Morgan fingerprint density at radius 3 is 2.26 bits per heavy atom. The molecule has 1 atom stereocenters. The average molecular weight is 386 g/mol. The maximum atomic E-state index is 12.8. The second kappa shape index (κ2) is 7.52. The largest absolute Gasteiger partial charge is 0.335 e. The molecule has 1 heterocycles. The molecule has 1 aliphatic rings. The smallest absolute Gasteiger partial charge is 0.254 e. The van der Waals surface area contributed by atoms with Crippen molar-refractivity contribution >= 4 is 27.5 Å². The van der Waals surface area contributed by atoms with E-state index in [9.17, 15) is 18.0 Å². The summed E-state index contributed by atoms with van der Waals surface area (Å²) in [7, 11) is -3.64. The third-order valence-electron chi connectivity index (χ3n) is 4.59. The summed E-state index contributed by atoms with van der Waals surface area (Å²) in [6, 6.07) is 15.9. The molecule has 0 spiro atoms. The van der Waals surface area contributed by atoms with Crippen LogP contribution < -0.4 is 4.31 Å². The van der Waals surface area contributed by atoms with E-state index in [0.29, 0.717) is 18.7 Å². The molecule has 1 aliphatic heterocycles. The SMILES string of the molecule is CCN(Cc1ccccc1)C(=O)c1ccc(N2C(=O)[C@H](C)CS2(=O)=O)cc1. The van der Waals surface area contributed by atoms with E-state index in [1.807, 2.05) is 37.3 Å². The van der Waals surface area contributed by atoms with Crippen LogP contribution in [0.3, 0.4) is 0 Å². The molecule has 27 heavy (non-hydrogen) atoms. The van der Waals surface area contributed by atoms with Crippen LogP contribution in [-0.4, -0.2) is 37.4 Å². The van der Waals surface area contributed by atoms with Gasteiger partial charge in [-0.05, 0) is 36.8 Å². The van der Waals surface area contributed by atoms with Crippen molar-refractivity contribution in [2.24, 2.45) is 5.92 Å². The second-order valence-electron chi connectivity index (χ2n) is 6.63. The fourth-order valence-corrected chi connectivity index (χ4v) is 4.96. The summed E-state index contributed by atoms with van der Waals surface area (Å²) in [6.45, 7) is 4.55. The van der Waals surface area contributed by atoms with E-state index in [2.05, 4.69) is 0 Å². The van der Waals surface area contributed by atoms with Crippen LogP contribution in [0.25, 0.3) is 0 Å². The zero-order chi connectivity index (χ0) is 19.6. The summed E-state index contributed by atoms with van der Waals surface area (Å²) in [5, 5.41) is 0. The predicted molar refractivity (Wildman–Crippen MR) is 104 cm³/mol. The highest BCUT2D eigenvalue weighted by Gasteiger charge is 2.41. The van der Waals surface area contributed by atoms with Crippen LogP contribution >= 0.6 is 0 Å². The molecule has 2 aromatic carbocycles. The van der Waals surface area contributed by atoms with Crippen LogP contribution in [0.1, 0.15) is 29.8 Å². The van der Waals surface area contributed by atoms with Crippen molar-refractivity contribution in [3.05, 3.63) is 65.7 Å². The molecular formula is C20H22N2O4S. The highest BCUT2D eigenvalue weighted by molar-refractivity contribution is 7.94. The minimum atomic E-state index is -3.64. The average Bonchev–Trinajstić information content (AvgIpc) is 2.87. The predicted octanol–water partition coefficient (Wildman–Crippen LogP) is 2.66. The van der Waals surface area contributed by atoms with Gasteiger partial charge in [-0.15, -0.1) is 0 Å². The van der Waals surface area contributed by atoms with Crippen molar-refractivity contribution in [3.63, 3.8) is 0 Å². The number of carbonyl (C=O) groups is 2. The van der Waals surface area contributed by atoms with Gasteiger partial charge in [-0.25, -0.2) is 12.7 Å². The monoisotopic (exact) mass is 386 g/mol. The van der Waals surface area contributed by atoms with Crippen LogP contribution in [0, 0.1) is 5.92 Å². The Hall–Kier alpha value is -2.67. The first-order chi connectivity index (χ1) is 12.8. The molecule has 7 heteroatoms. The van der Waals surface area contributed by atoms with Crippen LogP contribution in [0.4, 0.5) is 5.69 Å². The lowest BCUT2D eigenvalue weighted by Crippen LogP contribution is -2.31. The third kappa shape index (κ3) is 3.88. The van der Waals surface area contributed by atoms with E-state index >= 15 is 0 Å². The molecule has 0 aliphatic carbocycles. The third-order valence-corrected chi connectivity index (χ3v) is 6.46. The maximum Gasteiger partial charge on any atom is 0.254 e. The summed E-state index contributed by atoms with van der Waals surface area (Å²) in [5.41, 5.74) is 1.76. The fraction of sp³-hybridized carbons (Fsp3) is 0.300. The zero-order valence-corrected chi connectivity index (χ0v) is 16.1. The number of carbonyl (C=O) groups excluding carboxylic acids is 2. The lowest BCUT2D eigenvalue weighted by molar-refractivity contribution is -0.119. The molecular weight excluding hydrogens is 364 g/mol. The molecule has 0 N–H and O–H groups in total. The number of rotatable bonds is 5. The van der Waals surface area contributed by atoms with E-state index in [4.69, 9.17) is 0 Å². The lowest BCUT2D eigenvalue weighted by Gasteiger charge is -2.22. The molecule has 0 bridgehead atoms. The number of benzene rings is 2. The number of hydrogen-bond donors (Lipinski definition) is 0. The first-order valence-corrected chi connectivity index (χ1v) is 10.4. The van der Waals surface area contributed by atoms with Gasteiger partial charge >= 0.3 is 0 Å². The van der Waals surface area contributed by atoms with Crippen molar-refractivity contribution in [2.45, 2.75) is 20.4 Å². The van der Waals surface area contributed by atoms with Crippen LogP contribution in [0.2, 0.25) is 0 Å². The molecule has 0 unspecified atom stereocenters. The Morgan fingerprint density at radius 2 is 1.74 bits per heavy atom. The lowest BCUT2D eigenvalue weighted by atomic mass is 10.1. The molecule has 0 saturated carbocycles. The van der Waals surface area contributed by atoms with Gasteiger partial charge in [0.25, 0.3) is 5.91 Å². The van der Waals surface area contributed by atoms with Gasteiger partial charge in [0.05, 0.1) is 17.4 Å². The van der Waals surface area contributed by atoms with Crippen LogP contribution in [0.5, 0.6) is 0 Å². The Morgan fingerprint density at radius 1 is 1.11 bits per heavy atom. The van der Waals surface area contributed by atoms with Gasteiger partial charge in [0.15, 0.2) is 0 Å². The number of sulfonamides is 1. The highest BCUT2D eigenvalue weighted by Crippen LogP contribution is 2.28. The van der Waals surface area contributed by atoms with Crippen LogP contribution in [-0.2, 0) is 21.4 Å². The van der Waals surface area contributed by atoms with Crippen molar-refractivity contribution in [2.75, 3.05) is 16.6 Å². The summed E-state index contributed by atoms with van der Waals surface area (Å²) in [6.07, 6.45) is 0. The normalized spacial score (nSPS) is 18.5. The number of anilines is 1. The summed E-state index contributed by atoms with van der Waals surface area (Å²) in [4.78, 5) is 26.7. The van der Waals surface area contributed by atoms with Crippen molar-refractivity contribution in [1.82, 2.24) is 4.90 Å². The quantitative estimate of drug-likeness (QED) is 0.792. The minimum Gasteiger partial charge on any atom is -0.335 e. The van der Waals surface area contributed by atoms with E-state index in [0.717, 1.165) is 9.87 Å². The van der Waals surface area contributed by atoms with Crippen molar-refractivity contribution in [1.29, 1.82) is 0 Å². The number of hydrogen-bond acceptors (Lipinski definition) is 4. The van der Waals surface area contributed by atoms with Gasteiger partial charge < -0.3 is 4.90 Å². The Bertz CT molecular complexity index is 940. The van der Waals surface area contributed by atoms with E-state index in [1.165, 1.54) is 12.1 Å². The van der Waals surface area contributed by atoms with Gasteiger partial charge in [0.1, 0.15) is 0 Å². The summed E-state index contributed by atoms with van der Waals surface area (Å²) in [5.74, 6) is -1.32. The Balaban J connectivity index is 1.80. The number of amides is 2. The van der Waals surface area contributed by atoms with E-state index in [-0.39, 0.29) is 17.3 Å². The molecule has 1 saturated heterocycles. The molecule has 0 aromatic heterocycles. The van der Waals surface area contributed by atoms with Gasteiger partial charge in [-0.1, -0.05) is 37.3 Å². The topological polar surface area (TPSA) is 74.8 Å². The molecule has 2 aromatic rings. The zero-order valence-electron chi connectivity index (χ0n) is 15.3. The molecule has 1 fully saturated rings. The first kappa shape index (κ1) is 19.1. The molecule has 142 valence electrons. The van der Waals surface area contributed by atoms with Gasteiger partial charge in [-0.2, -0.15) is 0 Å². The molecule has 6 nitrogen and oxygen atoms in total. The second-order valence-corrected chi connectivity index (χ2v) is 8.50. The van der Waals surface area contributed by atoms with Gasteiger partial charge in [0.2, 0.25) is 15.9 Å². The maximum absolute atomic E-state index is 12.8. The molecule has 3 rings (SSSR count). The van der Waals surface area contributed by atoms with E-state index < -0.39 is 21.8 Å². The highest BCUT2D eigenvalue weighted by atomic mass is 32.2. The van der Waals surface area contributed by atoms with E-state index in [1.54, 1.807) is 24.0 Å². The van der Waals surface area contributed by atoms with Crippen LogP contribution in [0.15, 0.2) is 54.6 Å². The van der Waals surface area contributed by atoms with Crippen molar-refractivity contribution in [3.8, 4) is 0 Å². The summed E-state index contributed by atoms with van der Waals surface area (Å²) >= 11 is 0. The standard InChI is InChI=1S/C20H22N2O4S/c1-3-21(13-16-7-5-4-6-8-16)20(24)17-9-11-18(12-10-17)22-19(23)15(2)14-27(22,25)26/h4-12,15H,3,13-14H2,1-2H3/t15-/m1/s1. The Labute approximate surface area is 159 Å². The minimum absolute atomic E-state index is 0.142. The molecule has 0 radical (unpaired) electrons.